The maximum absolute atomic E-state index is 11.9. The molecule has 3 heterocycles. The van der Waals surface area contributed by atoms with Gasteiger partial charge in [0.25, 0.3) is 0 Å². The predicted octanol–water partition coefficient (Wildman–Crippen LogP) is 2.96. The van der Waals surface area contributed by atoms with Crippen LogP contribution >= 0.6 is 0 Å². The minimum Gasteiger partial charge on any atom is -0.378 e. The van der Waals surface area contributed by atoms with Crippen molar-refractivity contribution in [2.75, 3.05) is 30.9 Å². The second-order valence-corrected chi connectivity index (χ2v) is 10.5. The zero-order chi connectivity index (χ0) is 21.7. The Bertz CT molecular complexity index is 918. The van der Waals surface area contributed by atoms with Crippen molar-refractivity contribution in [3.63, 3.8) is 0 Å². The van der Waals surface area contributed by atoms with Crippen LogP contribution in [0, 0.1) is 5.92 Å². The number of anilines is 1. The minimum absolute atomic E-state index is 0.0824. The number of sulfonamides is 1. The zero-order valence-electron chi connectivity index (χ0n) is 18.1. The molecule has 1 N–H and O–H groups in total. The Morgan fingerprint density at radius 1 is 1.03 bits per heavy atom. The van der Waals surface area contributed by atoms with Crippen molar-refractivity contribution in [3.05, 3.63) is 54.5 Å². The van der Waals surface area contributed by atoms with Gasteiger partial charge in [0, 0.05) is 49.1 Å². The number of rotatable bonds is 7. The second-order valence-electron chi connectivity index (χ2n) is 8.74. The van der Waals surface area contributed by atoms with E-state index in [4.69, 9.17) is 4.74 Å². The van der Waals surface area contributed by atoms with E-state index in [0.717, 1.165) is 51.0 Å². The summed E-state index contributed by atoms with van der Waals surface area (Å²) in [7, 11) is -3.27. The van der Waals surface area contributed by atoms with E-state index in [1.165, 1.54) is 11.9 Å². The number of hydrogen-bond acceptors (Lipinski definition) is 6. The van der Waals surface area contributed by atoms with Gasteiger partial charge in [-0.15, -0.1) is 0 Å². The lowest BCUT2D eigenvalue weighted by molar-refractivity contribution is -0.00232. The number of aromatic nitrogens is 2. The summed E-state index contributed by atoms with van der Waals surface area (Å²) in [6.07, 6.45) is 10.0. The molecule has 0 amide bonds. The van der Waals surface area contributed by atoms with Crippen LogP contribution in [-0.4, -0.2) is 56.5 Å². The van der Waals surface area contributed by atoms with Gasteiger partial charge in [-0.3, -0.25) is 4.98 Å². The highest BCUT2D eigenvalue weighted by atomic mass is 32.2. The maximum Gasteiger partial charge on any atom is 0.208 e. The second kappa shape index (κ2) is 10.1. The van der Waals surface area contributed by atoms with Crippen LogP contribution in [0.5, 0.6) is 0 Å². The summed E-state index contributed by atoms with van der Waals surface area (Å²) < 4.78 is 32.9. The quantitative estimate of drug-likeness (QED) is 0.707. The number of hydrogen-bond donors (Lipinski definition) is 1. The Morgan fingerprint density at radius 3 is 2.42 bits per heavy atom. The van der Waals surface area contributed by atoms with Gasteiger partial charge in [-0.05, 0) is 56.4 Å². The lowest BCUT2D eigenvalue weighted by Crippen LogP contribution is -2.52. The van der Waals surface area contributed by atoms with Crippen LogP contribution in [0.4, 0.5) is 5.82 Å². The third-order valence-electron chi connectivity index (χ3n) is 6.40. The average molecular weight is 445 g/mol. The highest BCUT2D eigenvalue weighted by molar-refractivity contribution is 7.88. The van der Waals surface area contributed by atoms with Crippen LogP contribution in [-0.2, 0) is 14.8 Å². The van der Waals surface area contributed by atoms with Crippen molar-refractivity contribution >= 4 is 15.8 Å². The molecule has 8 heteroatoms. The molecule has 4 rings (SSSR count). The standard InChI is InChI=1S/C23H32N4O3S/c1-31(28,29)26-22-12-15-27(23-7-3-5-14-25-23)16-19(22)17-30-20-10-8-18(9-11-20)21-6-2-4-13-24-21/h2-7,13-14,18-20,22,26H,8-12,15-17H2,1H3/t18?,19-,20?,22?/m0/s1. The van der Waals surface area contributed by atoms with Gasteiger partial charge in [0.2, 0.25) is 10.0 Å². The fraction of sp³-hybridized carbons (Fsp3) is 0.565. The monoisotopic (exact) mass is 444 g/mol. The molecule has 2 atom stereocenters. The molecule has 0 bridgehead atoms. The predicted molar refractivity (Wildman–Crippen MR) is 122 cm³/mol. The van der Waals surface area contributed by atoms with Gasteiger partial charge in [0.05, 0.1) is 19.0 Å². The van der Waals surface area contributed by atoms with E-state index >= 15 is 0 Å². The molecule has 1 unspecified atom stereocenters. The fourth-order valence-electron chi connectivity index (χ4n) is 4.78. The molecule has 1 saturated heterocycles. The molecule has 2 aromatic rings. The molecule has 0 spiro atoms. The maximum atomic E-state index is 11.9. The van der Waals surface area contributed by atoms with E-state index in [0.29, 0.717) is 12.5 Å². The number of nitrogens with one attached hydrogen (secondary N) is 1. The van der Waals surface area contributed by atoms with Crippen LogP contribution in [0.2, 0.25) is 0 Å². The topological polar surface area (TPSA) is 84.4 Å². The molecular weight excluding hydrogens is 412 g/mol. The molecular formula is C23H32N4O3S. The van der Waals surface area contributed by atoms with Crippen LogP contribution in [0.15, 0.2) is 48.8 Å². The first-order valence-electron chi connectivity index (χ1n) is 11.1. The summed E-state index contributed by atoms with van der Waals surface area (Å²) in [6, 6.07) is 11.9. The van der Waals surface area contributed by atoms with Crippen LogP contribution in [0.3, 0.4) is 0 Å². The molecule has 2 aromatic heterocycles. The van der Waals surface area contributed by atoms with E-state index in [1.54, 1.807) is 6.20 Å². The van der Waals surface area contributed by atoms with Gasteiger partial charge in [0.15, 0.2) is 0 Å². The smallest absolute Gasteiger partial charge is 0.208 e. The lowest BCUT2D eigenvalue weighted by Gasteiger charge is -2.40. The van der Waals surface area contributed by atoms with Crippen molar-refractivity contribution in [1.82, 2.24) is 14.7 Å². The van der Waals surface area contributed by atoms with E-state index in [2.05, 4.69) is 31.7 Å². The molecule has 1 saturated carbocycles. The third-order valence-corrected chi connectivity index (χ3v) is 7.13. The first-order chi connectivity index (χ1) is 15.0. The van der Waals surface area contributed by atoms with Crippen LogP contribution < -0.4 is 9.62 Å². The van der Waals surface area contributed by atoms with Gasteiger partial charge >= 0.3 is 0 Å². The van der Waals surface area contributed by atoms with Gasteiger partial charge < -0.3 is 9.64 Å². The van der Waals surface area contributed by atoms with Crippen molar-refractivity contribution in [2.24, 2.45) is 5.92 Å². The van der Waals surface area contributed by atoms with Gasteiger partial charge in [-0.2, -0.15) is 0 Å². The largest absolute Gasteiger partial charge is 0.378 e. The van der Waals surface area contributed by atoms with Crippen molar-refractivity contribution in [1.29, 1.82) is 0 Å². The summed E-state index contributed by atoms with van der Waals surface area (Å²) in [5.41, 5.74) is 1.18. The molecule has 1 aliphatic carbocycles. The molecule has 0 radical (unpaired) electrons. The van der Waals surface area contributed by atoms with Gasteiger partial charge in [-0.25, -0.2) is 18.1 Å². The Labute approximate surface area is 185 Å². The average Bonchev–Trinajstić information content (AvgIpc) is 2.79. The summed E-state index contributed by atoms with van der Waals surface area (Å²) >= 11 is 0. The van der Waals surface area contributed by atoms with Crippen LogP contribution in [0.1, 0.15) is 43.7 Å². The van der Waals surface area contributed by atoms with E-state index in [1.807, 2.05) is 30.5 Å². The third kappa shape index (κ3) is 6.24. The zero-order valence-corrected chi connectivity index (χ0v) is 18.9. The van der Waals surface area contributed by atoms with Crippen molar-refractivity contribution in [2.45, 2.75) is 50.2 Å². The first-order valence-corrected chi connectivity index (χ1v) is 13.0. The van der Waals surface area contributed by atoms with Gasteiger partial charge in [0.1, 0.15) is 5.82 Å². The van der Waals surface area contributed by atoms with E-state index in [9.17, 15) is 8.42 Å². The number of pyridine rings is 2. The summed E-state index contributed by atoms with van der Waals surface area (Å²) in [6.45, 7) is 2.05. The molecule has 31 heavy (non-hydrogen) atoms. The highest BCUT2D eigenvalue weighted by Gasteiger charge is 2.33. The van der Waals surface area contributed by atoms with Crippen LogP contribution in [0.25, 0.3) is 0 Å². The minimum atomic E-state index is -3.27. The number of ether oxygens (including phenoxy) is 1. The first kappa shape index (κ1) is 22.2. The fourth-order valence-corrected chi connectivity index (χ4v) is 5.64. The van der Waals surface area contributed by atoms with E-state index in [-0.39, 0.29) is 18.1 Å². The Balaban J connectivity index is 1.34. The Morgan fingerprint density at radius 2 is 1.77 bits per heavy atom. The molecule has 2 fully saturated rings. The lowest BCUT2D eigenvalue weighted by atomic mass is 9.85. The highest BCUT2D eigenvalue weighted by Crippen LogP contribution is 2.33. The molecule has 7 nitrogen and oxygen atoms in total. The molecule has 168 valence electrons. The summed E-state index contributed by atoms with van der Waals surface area (Å²) in [5, 5.41) is 0. The molecule has 2 aliphatic rings. The number of nitrogens with zero attached hydrogens (tertiary/aromatic N) is 3. The van der Waals surface area contributed by atoms with Crippen molar-refractivity contribution < 1.29 is 13.2 Å². The normalized spacial score (nSPS) is 27.2. The number of piperidine rings is 1. The van der Waals surface area contributed by atoms with Crippen molar-refractivity contribution in [3.8, 4) is 0 Å². The molecule has 1 aliphatic heterocycles. The Kier molecular flexibility index (Phi) is 7.20. The SMILES string of the molecule is CS(=O)(=O)NC1CCN(c2ccccn2)C[C@H]1COC1CCC(c2ccccn2)CC1. The Hall–Kier alpha value is -2.03. The van der Waals surface area contributed by atoms with E-state index < -0.39 is 10.0 Å². The van der Waals surface area contributed by atoms with Gasteiger partial charge in [-0.1, -0.05) is 12.1 Å². The summed E-state index contributed by atoms with van der Waals surface area (Å²) in [5.74, 6) is 1.52. The molecule has 0 aromatic carbocycles. The summed E-state index contributed by atoms with van der Waals surface area (Å²) in [4.78, 5) is 11.2.